The van der Waals surface area contributed by atoms with Crippen molar-refractivity contribution in [3.05, 3.63) is 33.8 Å². The van der Waals surface area contributed by atoms with Crippen molar-refractivity contribution in [3.63, 3.8) is 0 Å². The Bertz CT molecular complexity index is 660. The summed E-state index contributed by atoms with van der Waals surface area (Å²) in [5.74, 6) is 0.0794. The largest absolute Gasteiger partial charge is 0.339 e. The predicted molar refractivity (Wildman–Crippen MR) is 98.9 cm³/mol. The summed E-state index contributed by atoms with van der Waals surface area (Å²) in [5, 5.41) is 0.652. The molecule has 0 bridgehead atoms. The van der Waals surface area contributed by atoms with Crippen molar-refractivity contribution in [2.45, 2.75) is 31.7 Å². The number of rotatable bonds is 2. The predicted octanol–water partition coefficient (Wildman–Crippen LogP) is 2.80. The first kappa shape index (κ1) is 18.5. The van der Waals surface area contributed by atoms with Gasteiger partial charge in [-0.05, 0) is 31.4 Å². The van der Waals surface area contributed by atoms with Crippen molar-refractivity contribution in [2.24, 2.45) is 11.7 Å². The molecule has 2 aliphatic rings. The number of carbonyl (C=O) groups is 2. The molecule has 1 aromatic carbocycles. The zero-order valence-corrected chi connectivity index (χ0v) is 15.6. The summed E-state index contributed by atoms with van der Waals surface area (Å²) >= 11 is 12.1. The van der Waals surface area contributed by atoms with E-state index >= 15 is 0 Å². The average Bonchev–Trinajstić information content (AvgIpc) is 2.63. The molecule has 25 heavy (non-hydrogen) atoms. The first-order valence-corrected chi connectivity index (χ1v) is 9.50. The summed E-state index contributed by atoms with van der Waals surface area (Å²) < 4.78 is 0. The Balaban J connectivity index is 1.59. The van der Waals surface area contributed by atoms with Gasteiger partial charge in [-0.2, -0.15) is 0 Å². The fourth-order valence-corrected chi connectivity index (χ4v) is 4.06. The van der Waals surface area contributed by atoms with Crippen LogP contribution in [-0.2, 0) is 4.79 Å². The standard InChI is InChI=1S/C18H23Cl2N3O2/c19-15-6-2-5-14(16(15)20)18(25)23-9-7-22(8-10-23)17(24)12-3-1-4-13(21)11-12/h2,5-6,12-13H,1,3-4,7-11,21H2. The molecule has 1 saturated heterocycles. The number of piperazine rings is 1. The van der Waals surface area contributed by atoms with Crippen LogP contribution in [0.4, 0.5) is 0 Å². The van der Waals surface area contributed by atoms with Gasteiger partial charge in [-0.1, -0.05) is 35.7 Å². The first-order valence-electron chi connectivity index (χ1n) is 8.75. The molecule has 1 saturated carbocycles. The summed E-state index contributed by atoms with van der Waals surface area (Å²) in [4.78, 5) is 28.9. The van der Waals surface area contributed by atoms with Gasteiger partial charge < -0.3 is 15.5 Å². The van der Waals surface area contributed by atoms with E-state index in [-0.39, 0.29) is 28.8 Å². The van der Waals surface area contributed by atoms with E-state index in [0.717, 1.165) is 25.7 Å². The minimum atomic E-state index is -0.140. The monoisotopic (exact) mass is 383 g/mol. The second kappa shape index (κ2) is 7.94. The van der Waals surface area contributed by atoms with Crippen molar-refractivity contribution in [1.29, 1.82) is 0 Å². The maximum atomic E-state index is 12.7. The third-order valence-corrected chi connectivity index (χ3v) is 5.94. The highest BCUT2D eigenvalue weighted by Gasteiger charge is 2.32. The Hall–Kier alpha value is -1.30. The minimum Gasteiger partial charge on any atom is -0.339 e. The number of nitrogens with zero attached hydrogens (tertiary/aromatic N) is 2. The van der Waals surface area contributed by atoms with E-state index in [1.165, 1.54) is 0 Å². The van der Waals surface area contributed by atoms with E-state index in [9.17, 15) is 9.59 Å². The minimum absolute atomic E-state index is 0.0355. The van der Waals surface area contributed by atoms with Crippen LogP contribution < -0.4 is 5.73 Å². The number of amides is 2. The van der Waals surface area contributed by atoms with E-state index in [4.69, 9.17) is 28.9 Å². The van der Waals surface area contributed by atoms with Gasteiger partial charge in [-0.15, -0.1) is 0 Å². The normalized spacial score (nSPS) is 24.3. The Morgan fingerprint density at radius 1 is 1.04 bits per heavy atom. The maximum Gasteiger partial charge on any atom is 0.255 e. The maximum absolute atomic E-state index is 12.7. The topological polar surface area (TPSA) is 66.6 Å². The Labute approximate surface area is 158 Å². The lowest BCUT2D eigenvalue weighted by Gasteiger charge is -2.38. The van der Waals surface area contributed by atoms with Crippen LogP contribution in [0.2, 0.25) is 10.0 Å². The number of benzene rings is 1. The van der Waals surface area contributed by atoms with Gasteiger partial charge >= 0.3 is 0 Å². The summed E-state index contributed by atoms with van der Waals surface area (Å²) in [7, 11) is 0. The van der Waals surface area contributed by atoms with Gasteiger partial charge in [0.15, 0.2) is 0 Å². The molecule has 1 aliphatic heterocycles. The van der Waals surface area contributed by atoms with Crippen molar-refractivity contribution in [3.8, 4) is 0 Å². The molecule has 1 aromatic rings. The lowest BCUT2D eigenvalue weighted by atomic mass is 9.85. The number of halogens is 2. The van der Waals surface area contributed by atoms with Gasteiger partial charge in [-0.3, -0.25) is 9.59 Å². The smallest absolute Gasteiger partial charge is 0.255 e. The Morgan fingerprint density at radius 3 is 2.40 bits per heavy atom. The fourth-order valence-electron chi connectivity index (χ4n) is 3.68. The van der Waals surface area contributed by atoms with Crippen molar-refractivity contribution in [1.82, 2.24) is 9.80 Å². The second-order valence-corrected chi connectivity index (χ2v) is 7.63. The van der Waals surface area contributed by atoms with E-state index < -0.39 is 0 Å². The third kappa shape index (κ3) is 4.10. The van der Waals surface area contributed by atoms with Crippen molar-refractivity contribution in [2.75, 3.05) is 26.2 Å². The Morgan fingerprint density at radius 2 is 1.72 bits per heavy atom. The Kier molecular flexibility index (Phi) is 5.87. The number of carbonyl (C=O) groups excluding carboxylic acids is 2. The van der Waals surface area contributed by atoms with Crippen LogP contribution in [-0.4, -0.2) is 53.8 Å². The highest BCUT2D eigenvalue weighted by Crippen LogP contribution is 2.28. The molecule has 2 unspecified atom stereocenters. The molecule has 1 aliphatic carbocycles. The van der Waals surface area contributed by atoms with Crippen LogP contribution in [0.5, 0.6) is 0 Å². The van der Waals surface area contributed by atoms with Gasteiger partial charge in [0.05, 0.1) is 15.6 Å². The average molecular weight is 384 g/mol. The van der Waals surface area contributed by atoms with Gasteiger partial charge in [0, 0.05) is 38.1 Å². The molecule has 2 N–H and O–H groups in total. The van der Waals surface area contributed by atoms with Crippen molar-refractivity contribution >= 4 is 35.0 Å². The number of hydrogen-bond donors (Lipinski definition) is 1. The third-order valence-electron chi connectivity index (χ3n) is 5.12. The van der Waals surface area contributed by atoms with Gasteiger partial charge in [0.1, 0.15) is 0 Å². The second-order valence-electron chi connectivity index (χ2n) is 6.84. The highest BCUT2D eigenvalue weighted by molar-refractivity contribution is 6.43. The van der Waals surface area contributed by atoms with Gasteiger partial charge in [-0.25, -0.2) is 0 Å². The molecule has 0 radical (unpaired) electrons. The molecule has 5 nitrogen and oxygen atoms in total. The SMILES string of the molecule is NC1CCCC(C(=O)N2CCN(C(=O)c3cccc(Cl)c3Cl)CC2)C1. The molecule has 7 heteroatoms. The van der Waals surface area contributed by atoms with Gasteiger partial charge in [0.2, 0.25) is 5.91 Å². The lowest BCUT2D eigenvalue weighted by Crippen LogP contribution is -2.52. The number of nitrogens with two attached hydrogens (primary N) is 1. The quantitative estimate of drug-likeness (QED) is 0.853. The van der Waals surface area contributed by atoms with E-state index in [1.807, 2.05) is 4.90 Å². The highest BCUT2D eigenvalue weighted by atomic mass is 35.5. The summed E-state index contributed by atoms with van der Waals surface area (Å²) in [6, 6.07) is 5.19. The van der Waals surface area contributed by atoms with Gasteiger partial charge in [0.25, 0.3) is 5.91 Å². The molecule has 2 atom stereocenters. The zero-order chi connectivity index (χ0) is 18.0. The van der Waals surface area contributed by atoms with Crippen LogP contribution in [0, 0.1) is 5.92 Å². The first-order chi connectivity index (χ1) is 12.0. The van der Waals surface area contributed by atoms with Crippen LogP contribution in [0.3, 0.4) is 0 Å². The molecule has 1 heterocycles. The molecule has 2 amide bonds. The molecule has 2 fully saturated rings. The summed E-state index contributed by atoms with van der Waals surface area (Å²) in [6.07, 6.45) is 3.72. The van der Waals surface area contributed by atoms with Crippen LogP contribution in [0.15, 0.2) is 18.2 Å². The van der Waals surface area contributed by atoms with E-state index in [0.29, 0.717) is 36.8 Å². The summed E-state index contributed by atoms with van der Waals surface area (Å²) in [5.41, 5.74) is 6.41. The van der Waals surface area contributed by atoms with Crippen molar-refractivity contribution < 1.29 is 9.59 Å². The molecule has 136 valence electrons. The van der Waals surface area contributed by atoms with Crippen LogP contribution >= 0.6 is 23.2 Å². The molecule has 0 aromatic heterocycles. The molecule has 0 spiro atoms. The van der Waals surface area contributed by atoms with Crippen LogP contribution in [0.1, 0.15) is 36.0 Å². The lowest BCUT2D eigenvalue weighted by molar-refractivity contribution is -0.138. The molecular weight excluding hydrogens is 361 g/mol. The summed E-state index contributed by atoms with van der Waals surface area (Å²) in [6.45, 7) is 2.11. The van der Waals surface area contributed by atoms with E-state index in [1.54, 1.807) is 23.1 Å². The van der Waals surface area contributed by atoms with Crippen LogP contribution in [0.25, 0.3) is 0 Å². The molecular formula is C18H23Cl2N3O2. The molecule has 3 rings (SSSR count). The number of hydrogen-bond acceptors (Lipinski definition) is 3. The fraction of sp³-hybridized carbons (Fsp3) is 0.556. The zero-order valence-electron chi connectivity index (χ0n) is 14.1. The van der Waals surface area contributed by atoms with E-state index in [2.05, 4.69) is 0 Å².